The van der Waals surface area contributed by atoms with Crippen LogP contribution in [0.2, 0.25) is 0 Å². The summed E-state index contributed by atoms with van der Waals surface area (Å²) >= 11 is 0. The summed E-state index contributed by atoms with van der Waals surface area (Å²) < 4.78 is 0. The molecule has 3 rings (SSSR count). The Morgan fingerprint density at radius 2 is 2.24 bits per heavy atom. The second-order valence-corrected chi connectivity index (χ2v) is 5.77. The minimum absolute atomic E-state index is 0.0427. The second-order valence-electron chi connectivity index (χ2n) is 5.77. The standard InChI is InChI=1S/C17H21N3O/c1-12-5-3-9-18-15(12)11-20-17(21)14-8-2-6-13-7-4-10-19-16(13)14/h2,4,6-8,10,12,15,18H,3,5,9,11H2,1H3,(H,20,21). The Bertz CT molecular complexity index is 635. The third-order valence-electron chi connectivity index (χ3n) is 4.29. The highest BCUT2D eigenvalue weighted by atomic mass is 16.1. The zero-order chi connectivity index (χ0) is 14.7. The number of pyridine rings is 1. The first-order valence-corrected chi connectivity index (χ1v) is 7.61. The average molecular weight is 283 g/mol. The van der Waals surface area contributed by atoms with Gasteiger partial charge in [0.05, 0.1) is 11.1 Å². The lowest BCUT2D eigenvalue weighted by atomic mass is 9.93. The van der Waals surface area contributed by atoms with E-state index < -0.39 is 0 Å². The molecule has 2 N–H and O–H groups in total. The summed E-state index contributed by atoms with van der Waals surface area (Å²) in [5.74, 6) is 0.559. The fourth-order valence-corrected chi connectivity index (χ4v) is 2.97. The molecule has 1 aliphatic heterocycles. The van der Waals surface area contributed by atoms with Gasteiger partial charge < -0.3 is 10.6 Å². The summed E-state index contributed by atoms with van der Waals surface area (Å²) in [4.78, 5) is 16.8. The van der Waals surface area contributed by atoms with Gasteiger partial charge in [-0.05, 0) is 37.4 Å². The number of carbonyl (C=O) groups is 1. The molecule has 21 heavy (non-hydrogen) atoms. The van der Waals surface area contributed by atoms with E-state index >= 15 is 0 Å². The molecule has 1 saturated heterocycles. The molecule has 2 atom stereocenters. The van der Waals surface area contributed by atoms with Gasteiger partial charge in [0, 0.05) is 24.2 Å². The van der Waals surface area contributed by atoms with Crippen LogP contribution in [0.1, 0.15) is 30.1 Å². The zero-order valence-electron chi connectivity index (χ0n) is 12.3. The van der Waals surface area contributed by atoms with Crippen molar-refractivity contribution in [3.8, 4) is 0 Å². The lowest BCUT2D eigenvalue weighted by molar-refractivity contribution is 0.0945. The smallest absolute Gasteiger partial charge is 0.253 e. The van der Waals surface area contributed by atoms with E-state index in [1.165, 1.54) is 12.8 Å². The molecule has 0 saturated carbocycles. The van der Waals surface area contributed by atoms with Crippen LogP contribution >= 0.6 is 0 Å². The van der Waals surface area contributed by atoms with Crippen LogP contribution in [0.3, 0.4) is 0 Å². The van der Waals surface area contributed by atoms with Crippen LogP contribution in [0.15, 0.2) is 36.5 Å². The summed E-state index contributed by atoms with van der Waals surface area (Å²) in [7, 11) is 0. The van der Waals surface area contributed by atoms with Gasteiger partial charge in [-0.2, -0.15) is 0 Å². The predicted octanol–water partition coefficient (Wildman–Crippen LogP) is 2.35. The SMILES string of the molecule is CC1CCCNC1CNC(=O)c1cccc2cccnc12. The van der Waals surface area contributed by atoms with Crippen LogP contribution in [0.5, 0.6) is 0 Å². The van der Waals surface area contributed by atoms with Gasteiger partial charge in [0.1, 0.15) is 0 Å². The monoisotopic (exact) mass is 283 g/mol. The molecule has 2 aromatic rings. The molecule has 4 nitrogen and oxygen atoms in total. The average Bonchev–Trinajstić information content (AvgIpc) is 2.53. The number of carbonyl (C=O) groups excluding carboxylic acids is 1. The summed E-state index contributed by atoms with van der Waals surface area (Å²) in [6.07, 6.45) is 4.17. The van der Waals surface area contributed by atoms with Gasteiger partial charge >= 0.3 is 0 Å². The van der Waals surface area contributed by atoms with E-state index in [1.54, 1.807) is 6.20 Å². The van der Waals surface area contributed by atoms with Crippen molar-refractivity contribution in [1.82, 2.24) is 15.6 Å². The topological polar surface area (TPSA) is 54.0 Å². The van der Waals surface area contributed by atoms with Gasteiger partial charge in [0.2, 0.25) is 0 Å². The van der Waals surface area contributed by atoms with Crippen molar-refractivity contribution in [3.05, 3.63) is 42.1 Å². The molecule has 0 spiro atoms. The fourth-order valence-electron chi connectivity index (χ4n) is 2.97. The Morgan fingerprint density at radius 3 is 3.10 bits per heavy atom. The first kappa shape index (κ1) is 14.0. The Kier molecular flexibility index (Phi) is 4.15. The molecule has 2 heterocycles. The number of hydrogen-bond donors (Lipinski definition) is 2. The van der Waals surface area contributed by atoms with E-state index in [1.807, 2.05) is 30.3 Å². The molecule has 0 aliphatic carbocycles. The van der Waals surface area contributed by atoms with Gasteiger partial charge in [-0.3, -0.25) is 9.78 Å². The summed E-state index contributed by atoms with van der Waals surface area (Å²) in [5, 5.41) is 7.53. The first-order chi connectivity index (χ1) is 10.3. The minimum Gasteiger partial charge on any atom is -0.350 e. The van der Waals surface area contributed by atoms with Crippen molar-refractivity contribution >= 4 is 16.8 Å². The maximum absolute atomic E-state index is 12.4. The van der Waals surface area contributed by atoms with E-state index in [0.29, 0.717) is 24.1 Å². The van der Waals surface area contributed by atoms with Gasteiger partial charge in [0.15, 0.2) is 0 Å². The van der Waals surface area contributed by atoms with Crippen molar-refractivity contribution in [2.75, 3.05) is 13.1 Å². The predicted molar refractivity (Wildman–Crippen MR) is 84.3 cm³/mol. The molecule has 0 bridgehead atoms. The van der Waals surface area contributed by atoms with Crippen LogP contribution in [0.4, 0.5) is 0 Å². The normalized spacial score (nSPS) is 22.1. The molecule has 0 radical (unpaired) electrons. The highest BCUT2D eigenvalue weighted by Crippen LogP contribution is 2.17. The maximum Gasteiger partial charge on any atom is 0.253 e. The Labute approximate surface area is 125 Å². The number of nitrogens with zero attached hydrogens (tertiary/aromatic N) is 1. The molecule has 1 aliphatic rings. The van der Waals surface area contributed by atoms with Crippen LogP contribution in [-0.2, 0) is 0 Å². The number of amides is 1. The van der Waals surface area contributed by atoms with E-state index in [-0.39, 0.29) is 5.91 Å². The van der Waals surface area contributed by atoms with Crippen LogP contribution in [-0.4, -0.2) is 30.0 Å². The fraction of sp³-hybridized carbons (Fsp3) is 0.412. The summed E-state index contributed by atoms with van der Waals surface area (Å²) in [5.41, 5.74) is 1.42. The molecule has 1 amide bonds. The number of benzene rings is 1. The highest BCUT2D eigenvalue weighted by molar-refractivity contribution is 6.05. The van der Waals surface area contributed by atoms with Gasteiger partial charge in [-0.1, -0.05) is 25.1 Å². The molecule has 1 aromatic carbocycles. The summed E-state index contributed by atoms with van der Waals surface area (Å²) in [6, 6.07) is 9.94. The Hall–Kier alpha value is -1.94. The van der Waals surface area contributed by atoms with Crippen molar-refractivity contribution in [1.29, 1.82) is 0 Å². The van der Waals surface area contributed by atoms with Crippen LogP contribution in [0, 0.1) is 5.92 Å². The number of fused-ring (bicyclic) bond motifs is 1. The molecular weight excluding hydrogens is 262 g/mol. The Morgan fingerprint density at radius 1 is 1.38 bits per heavy atom. The largest absolute Gasteiger partial charge is 0.350 e. The maximum atomic E-state index is 12.4. The van der Waals surface area contributed by atoms with Crippen LogP contribution < -0.4 is 10.6 Å². The van der Waals surface area contributed by atoms with Crippen molar-refractivity contribution in [3.63, 3.8) is 0 Å². The lowest BCUT2D eigenvalue weighted by Gasteiger charge is -2.30. The number of para-hydroxylation sites is 1. The number of piperidine rings is 1. The molecule has 2 unspecified atom stereocenters. The molecule has 110 valence electrons. The van der Waals surface area contributed by atoms with Crippen molar-refractivity contribution < 1.29 is 4.79 Å². The van der Waals surface area contributed by atoms with Gasteiger partial charge in [-0.25, -0.2) is 0 Å². The summed E-state index contributed by atoms with van der Waals surface area (Å²) in [6.45, 7) is 3.95. The number of nitrogens with one attached hydrogen (secondary N) is 2. The van der Waals surface area contributed by atoms with Crippen molar-refractivity contribution in [2.45, 2.75) is 25.8 Å². The number of hydrogen-bond acceptors (Lipinski definition) is 3. The number of aromatic nitrogens is 1. The van der Waals surface area contributed by atoms with Gasteiger partial charge in [-0.15, -0.1) is 0 Å². The molecule has 1 fully saturated rings. The van der Waals surface area contributed by atoms with E-state index in [0.717, 1.165) is 17.4 Å². The van der Waals surface area contributed by atoms with Gasteiger partial charge in [0.25, 0.3) is 5.91 Å². The van der Waals surface area contributed by atoms with Crippen molar-refractivity contribution in [2.24, 2.45) is 5.92 Å². The third-order valence-corrected chi connectivity index (χ3v) is 4.29. The van der Waals surface area contributed by atoms with E-state index in [4.69, 9.17) is 0 Å². The molecule has 1 aromatic heterocycles. The van der Waals surface area contributed by atoms with E-state index in [2.05, 4.69) is 22.5 Å². The Balaban J connectivity index is 1.72. The highest BCUT2D eigenvalue weighted by Gasteiger charge is 2.21. The third kappa shape index (κ3) is 3.05. The lowest BCUT2D eigenvalue weighted by Crippen LogP contribution is -2.47. The first-order valence-electron chi connectivity index (χ1n) is 7.61. The second kappa shape index (κ2) is 6.22. The van der Waals surface area contributed by atoms with E-state index in [9.17, 15) is 4.79 Å². The van der Waals surface area contributed by atoms with Crippen LogP contribution in [0.25, 0.3) is 10.9 Å². The zero-order valence-corrected chi connectivity index (χ0v) is 12.3. The number of rotatable bonds is 3. The minimum atomic E-state index is -0.0427. The quantitative estimate of drug-likeness (QED) is 0.909. The molecule has 4 heteroatoms. The molecular formula is C17H21N3O.